The Morgan fingerprint density at radius 3 is 2.20 bits per heavy atom. The minimum Gasteiger partial charge on any atom is -0.299 e. The minimum atomic E-state index is -0.429. The van der Waals surface area contributed by atoms with E-state index >= 15 is 0 Å². The number of rotatable bonds is 3. The predicted octanol–water partition coefficient (Wildman–Crippen LogP) is 1.36. The third-order valence-electron chi connectivity index (χ3n) is 1.20. The lowest BCUT2D eigenvalue weighted by Gasteiger charge is -2.18. The first-order valence-corrected chi connectivity index (χ1v) is 4.01. The van der Waals surface area contributed by atoms with Gasteiger partial charge in [0.15, 0.2) is 0 Å². The molecule has 0 aliphatic carbocycles. The van der Waals surface area contributed by atoms with E-state index in [1.54, 1.807) is 0 Å². The first kappa shape index (κ1) is 10.2. The summed E-state index contributed by atoms with van der Waals surface area (Å²) in [5.74, 6) is 0.323. The Balaban J connectivity index is 3.81. The van der Waals surface area contributed by atoms with Gasteiger partial charge >= 0.3 is 0 Å². The quantitative estimate of drug-likeness (QED) is 0.445. The maximum Gasteiger partial charge on any atom is 0.135 e. The first-order chi connectivity index (χ1) is 4.33. The Morgan fingerprint density at radius 1 is 1.70 bits per heavy atom. The van der Waals surface area contributed by atoms with Crippen LogP contribution in [0.25, 0.3) is 0 Å². The van der Waals surface area contributed by atoms with Crippen molar-refractivity contribution in [3.05, 3.63) is 0 Å². The molecule has 2 atom stereocenters. The molecule has 10 heavy (non-hydrogen) atoms. The van der Waals surface area contributed by atoms with Gasteiger partial charge in [-0.15, -0.1) is 9.24 Å². The van der Waals surface area contributed by atoms with Crippen LogP contribution in [-0.2, 0) is 4.79 Å². The molecule has 0 saturated carbocycles. The lowest BCUT2D eigenvalue weighted by molar-refractivity contribution is -0.121. The summed E-state index contributed by atoms with van der Waals surface area (Å²) in [6, 6.07) is 0. The number of carbonyl (C=O) groups excluding carboxylic acids is 1. The van der Waals surface area contributed by atoms with Gasteiger partial charge in [0.1, 0.15) is 5.78 Å². The van der Waals surface area contributed by atoms with Crippen LogP contribution in [0, 0.1) is 5.92 Å². The fourth-order valence-corrected chi connectivity index (χ4v) is 0.781. The van der Waals surface area contributed by atoms with Gasteiger partial charge in [-0.3, -0.25) is 4.79 Å². The maximum absolute atomic E-state index is 11.1. The molecule has 0 fully saturated rings. The van der Waals surface area contributed by atoms with Crippen LogP contribution in [0.5, 0.6) is 0 Å². The Bertz CT molecular complexity index is 126. The van der Waals surface area contributed by atoms with Crippen molar-refractivity contribution in [1.82, 2.24) is 0 Å². The van der Waals surface area contributed by atoms with Gasteiger partial charge in [-0.05, 0) is 5.06 Å². The molecular formula is C7H14BOP. The topological polar surface area (TPSA) is 17.1 Å². The molecule has 0 heterocycles. The van der Waals surface area contributed by atoms with Crippen molar-refractivity contribution in [1.29, 1.82) is 0 Å². The van der Waals surface area contributed by atoms with E-state index < -0.39 is 5.06 Å². The molecule has 2 unspecified atom stereocenters. The highest BCUT2D eigenvalue weighted by molar-refractivity contribution is 7.22. The third-order valence-corrected chi connectivity index (χ3v) is 1.40. The molecule has 0 aliphatic heterocycles. The zero-order chi connectivity index (χ0) is 8.36. The molecule has 0 aromatic heterocycles. The van der Waals surface area contributed by atoms with Crippen LogP contribution in [0.15, 0.2) is 0 Å². The van der Waals surface area contributed by atoms with Crippen LogP contribution in [0.3, 0.4) is 0 Å². The fourth-order valence-electron chi connectivity index (χ4n) is 0.580. The number of hydrogen-bond donors (Lipinski definition) is 0. The van der Waals surface area contributed by atoms with Gasteiger partial charge in [-0.1, -0.05) is 20.8 Å². The van der Waals surface area contributed by atoms with Gasteiger partial charge in [0.25, 0.3) is 0 Å². The van der Waals surface area contributed by atoms with Gasteiger partial charge in [-0.2, -0.15) is 0 Å². The van der Waals surface area contributed by atoms with Gasteiger partial charge < -0.3 is 0 Å². The summed E-state index contributed by atoms with van der Waals surface area (Å²) in [5, 5.41) is -0.429. The molecule has 0 rings (SSSR count). The number of ketones is 1. The molecule has 0 saturated heterocycles. The summed E-state index contributed by atoms with van der Waals surface area (Å²) in [6.07, 6.45) is 0.440. The molecule has 0 spiro atoms. The average Bonchev–Trinajstić information content (AvgIpc) is 1.60. The second kappa shape index (κ2) is 3.53. The molecule has 0 aliphatic rings. The van der Waals surface area contributed by atoms with E-state index in [0.29, 0.717) is 6.42 Å². The van der Waals surface area contributed by atoms with E-state index in [-0.39, 0.29) is 11.7 Å². The highest BCUT2D eigenvalue weighted by atomic mass is 31.0. The average molecular weight is 156 g/mol. The Morgan fingerprint density at radius 2 is 2.10 bits per heavy atom. The zero-order valence-corrected chi connectivity index (χ0v) is 8.00. The highest BCUT2D eigenvalue weighted by Gasteiger charge is 2.17. The van der Waals surface area contributed by atoms with Crippen molar-refractivity contribution in [2.24, 2.45) is 5.92 Å². The van der Waals surface area contributed by atoms with Crippen LogP contribution in [0.4, 0.5) is 0 Å². The molecule has 0 N–H and O–H groups in total. The number of carbonyl (C=O) groups is 1. The summed E-state index contributed by atoms with van der Waals surface area (Å²) in [6.45, 7) is 5.61. The molecule has 0 aromatic rings. The SMILES string of the molecule is [B]C(C)(P)CC(=O)C(C)C. The summed E-state index contributed by atoms with van der Waals surface area (Å²) in [4.78, 5) is 11.1. The van der Waals surface area contributed by atoms with Crippen molar-refractivity contribution in [2.75, 3.05) is 0 Å². The Hall–Kier alpha value is 0.165. The molecule has 3 heteroatoms. The van der Waals surface area contributed by atoms with E-state index in [0.717, 1.165) is 0 Å². The monoisotopic (exact) mass is 156 g/mol. The van der Waals surface area contributed by atoms with E-state index in [4.69, 9.17) is 7.85 Å². The first-order valence-electron chi connectivity index (χ1n) is 3.43. The van der Waals surface area contributed by atoms with Crippen molar-refractivity contribution < 1.29 is 4.79 Å². The summed E-state index contributed by atoms with van der Waals surface area (Å²) in [7, 11) is 8.08. The molecule has 56 valence electrons. The lowest BCUT2D eigenvalue weighted by Crippen LogP contribution is -2.23. The van der Waals surface area contributed by atoms with Crippen LogP contribution < -0.4 is 0 Å². The molecular weight excluding hydrogens is 142 g/mol. The van der Waals surface area contributed by atoms with Gasteiger partial charge in [0, 0.05) is 12.3 Å². The third kappa shape index (κ3) is 4.99. The Kier molecular flexibility index (Phi) is 3.58. The summed E-state index contributed by atoms with van der Waals surface area (Å²) >= 11 is 0. The number of hydrogen-bond acceptors (Lipinski definition) is 1. The fraction of sp³-hybridized carbons (Fsp3) is 0.857. The standard InChI is InChI=1S/C7H14BOP/c1-5(2)6(9)4-7(3,8)10/h5H,4,10H2,1-3H3. The summed E-state index contributed by atoms with van der Waals surface area (Å²) in [5.41, 5.74) is 0. The molecule has 0 amide bonds. The highest BCUT2D eigenvalue weighted by Crippen LogP contribution is 2.19. The smallest absolute Gasteiger partial charge is 0.135 e. The van der Waals surface area contributed by atoms with Crippen molar-refractivity contribution in [2.45, 2.75) is 32.2 Å². The normalized spacial score (nSPS) is 16.9. The van der Waals surface area contributed by atoms with Crippen molar-refractivity contribution in [3.8, 4) is 0 Å². The van der Waals surface area contributed by atoms with Gasteiger partial charge in [0.2, 0.25) is 0 Å². The lowest BCUT2D eigenvalue weighted by atomic mass is 9.82. The van der Waals surface area contributed by atoms with Crippen molar-refractivity contribution in [3.63, 3.8) is 0 Å². The molecule has 1 nitrogen and oxygen atoms in total. The van der Waals surface area contributed by atoms with E-state index in [1.165, 1.54) is 0 Å². The van der Waals surface area contributed by atoms with Crippen molar-refractivity contribution >= 4 is 22.9 Å². The molecule has 0 aromatic carbocycles. The number of Topliss-reactive ketones (excluding diaryl/α,β-unsaturated/α-hetero) is 1. The predicted molar refractivity (Wildman–Crippen MR) is 48.3 cm³/mol. The van der Waals surface area contributed by atoms with Gasteiger partial charge in [-0.25, -0.2) is 0 Å². The second-order valence-corrected chi connectivity index (χ2v) is 4.62. The van der Waals surface area contributed by atoms with E-state index in [2.05, 4.69) is 9.24 Å². The van der Waals surface area contributed by atoms with E-state index in [9.17, 15) is 4.79 Å². The van der Waals surface area contributed by atoms with Crippen LogP contribution in [0.2, 0.25) is 0 Å². The maximum atomic E-state index is 11.1. The largest absolute Gasteiger partial charge is 0.299 e. The van der Waals surface area contributed by atoms with Crippen LogP contribution in [-0.4, -0.2) is 18.7 Å². The Labute approximate surface area is 66.6 Å². The molecule has 2 radical (unpaired) electrons. The van der Waals surface area contributed by atoms with Crippen LogP contribution in [0.1, 0.15) is 27.2 Å². The van der Waals surface area contributed by atoms with Crippen LogP contribution >= 0.6 is 9.24 Å². The van der Waals surface area contributed by atoms with E-state index in [1.807, 2.05) is 20.8 Å². The molecule has 0 bridgehead atoms. The second-order valence-electron chi connectivity index (χ2n) is 3.30. The minimum absolute atomic E-state index is 0.100. The van der Waals surface area contributed by atoms with Gasteiger partial charge in [0.05, 0.1) is 7.85 Å². The summed E-state index contributed by atoms with van der Waals surface area (Å²) < 4.78 is 0. The zero-order valence-electron chi connectivity index (χ0n) is 6.85.